The van der Waals surface area contributed by atoms with Crippen LogP contribution in [0, 0.1) is 19.7 Å². The summed E-state index contributed by atoms with van der Waals surface area (Å²) in [6, 6.07) is 13.8. The Morgan fingerprint density at radius 1 is 1.15 bits per heavy atom. The van der Waals surface area contributed by atoms with E-state index in [0.29, 0.717) is 22.4 Å². The van der Waals surface area contributed by atoms with E-state index in [9.17, 15) is 4.39 Å². The van der Waals surface area contributed by atoms with Gasteiger partial charge < -0.3 is 10.6 Å². The molecule has 1 aromatic heterocycles. The van der Waals surface area contributed by atoms with Gasteiger partial charge in [0.05, 0.1) is 23.6 Å². The van der Waals surface area contributed by atoms with E-state index in [1.165, 1.54) is 12.1 Å². The fraction of sp³-hybridized carbons (Fsp3) is 0.158. The molecule has 7 heteroatoms. The maximum Gasteiger partial charge on any atom is 0.175 e. The van der Waals surface area contributed by atoms with Crippen LogP contribution in [0.2, 0.25) is 5.02 Å². The zero-order valence-corrected chi connectivity index (χ0v) is 16.0. The lowest BCUT2D eigenvalue weighted by molar-refractivity contribution is 0.628. The van der Waals surface area contributed by atoms with Gasteiger partial charge in [-0.15, -0.1) is 0 Å². The summed E-state index contributed by atoms with van der Waals surface area (Å²) in [5.41, 5.74) is 4.16. The van der Waals surface area contributed by atoms with Crippen LogP contribution in [0.4, 0.5) is 15.8 Å². The van der Waals surface area contributed by atoms with E-state index in [2.05, 4.69) is 15.7 Å². The number of thiocarbonyl (C=S) groups is 1. The first-order valence-electron chi connectivity index (χ1n) is 8.05. The monoisotopic (exact) mass is 388 g/mol. The van der Waals surface area contributed by atoms with Crippen LogP contribution in [0.1, 0.15) is 17.0 Å². The molecule has 4 nitrogen and oxygen atoms in total. The lowest BCUT2D eigenvalue weighted by Crippen LogP contribution is -2.20. The van der Waals surface area contributed by atoms with Gasteiger partial charge in [0.1, 0.15) is 5.82 Å². The maximum atomic E-state index is 13.3. The second-order valence-corrected chi connectivity index (χ2v) is 6.70. The molecule has 0 bridgehead atoms. The average Bonchev–Trinajstić information content (AvgIpc) is 2.84. The molecule has 134 valence electrons. The van der Waals surface area contributed by atoms with E-state index in [-0.39, 0.29) is 5.82 Å². The van der Waals surface area contributed by atoms with Crippen molar-refractivity contribution in [3.05, 3.63) is 76.3 Å². The number of aryl methyl sites for hydroxylation is 1. The minimum absolute atomic E-state index is 0.322. The molecule has 0 saturated heterocycles. The molecule has 0 unspecified atom stereocenters. The third-order valence-electron chi connectivity index (χ3n) is 3.98. The Labute approximate surface area is 162 Å². The van der Waals surface area contributed by atoms with Crippen LogP contribution in [0.3, 0.4) is 0 Å². The lowest BCUT2D eigenvalue weighted by Gasteiger charge is -2.11. The highest BCUT2D eigenvalue weighted by Crippen LogP contribution is 2.23. The summed E-state index contributed by atoms with van der Waals surface area (Å²) >= 11 is 11.6. The van der Waals surface area contributed by atoms with Crippen LogP contribution in [-0.4, -0.2) is 14.9 Å². The Hall–Kier alpha value is -2.44. The molecule has 0 aliphatic heterocycles. The summed E-state index contributed by atoms with van der Waals surface area (Å²) < 4.78 is 15.2. The van der Waals surface area contributed by atoms with Crippen LogP contribution >= 0.6 is 23.8 Å². The molecule has 3 rings (SSSR count). The predicted octanol–water partition coefficient (Wildman–Crippen LogP) is 5.15. The van der Waals surface area contributed by atoms with Gasteiger partial charge in [0, 0.05) is 10.7 Å². The first-order valence-corrected chi connectivity index (χ1v) is 8.83. The normalized spacial score (nSPS) is 10.6. The Morgan fingerprint density at radius 3 is 2.65 bits per heavy atom. The molecule has 0 saturated carbocycles. The number of hydrogen-bond donors (Lipinski definition) is 2. The van der Waals surface area contributed by atoms with Gasteiger partial charge >= 0.3 is 0 Å². The van der Waals surface area contributed by atoms with Crippen molar-refractivity contribution in [2.24, 2.45) is 0 Å². The Kier molecular flexibility index (Phi) is 5.54. The molecule has 1 heterocycles. The molecule has 0 fully saturated rings. The van der Waals surface area contributed by atoms with Crippen LogP contribution in [0.25, 0.3) is 0 Å². The summed E-state index contributed by atoms with van der Waals surface area (Å²) in [6.07, 6.45) is 0. The number of hydrogen-bond acceptors (Lipinski definition) is 2. The van der Waals surface area contributed by atoms with E-state index in [1.807, 2.05) is 42.8 Å². The number of nitrogens with zero attached hydrogens (tertiary/aromatic N) is 2. The van der Waals surface area contributed by atoms with Gasteiger partial charge in [0.2, 0.25) is 0 Å². The van der Waals surface area contributed by atoms with E-state index >= 15 is 0 Å². The molecule has 0 amide bonds. The summed E-state index contributed by atoms with van der Waals surface area (Å²) in [5, 5.41) is 11.8. The summed E-state index contributed by atoms with van der Waals surface area (Å²) in [6.45, 7) is 4.44. The highest BCUT2D eigenvalue weighted by molar-refractivity contribution is 7.80. The molecule has 0 aliphatic rings. The number of aromatic nitrogens is 2. The zero-order valence-electron chi connectivity index (χ0n) is 14.4. The molecule has 26 heavy (non-hydrogen) atoms. The highest BCUT2D eigenvalue weighted by Gasteiger charge is 2.14. The Balaban J connectivity index is 1.75. The van der Waals surface area contributed by atoms with Crippen molar-refractivity contribution in [2.75, 3.05) is 10.6 Å². The number of anilines is 2. The highest BCUT2D eigenvalue weighted by atomic mass is 35.5. The lowest BCUT2D eigenvalue weighted by atomic mass is 10.2. The summed E-state index contributed by atoms with van der Waals surface area (Å²) in [7, 11) is 0. The van der Waals surface area contributed by atoms with Crippen molar-refractivity contribution >= 4 is 40.3 Å². The topological polar surface area (TPSA) is 41.9 Å². The van der Waals surface area contributed by atoms with Crippen molar-refractivity contribution in [2.45, 2.75) is 20.4 Å². The largest absolute Gasteiger partial charge is 0.332 e. The van der Waals surface area contributed by atoms with E-state index < -0.39 is 0 Å². The number of benzene rings is 2. The SMILES string of the molecule is Cc1nn(Cc2ccccc2Cl)c(C)c1NC(=S)Nc1cccc(F)c1. The second kappa shape index (κ2) is 7.85. The van der Waals surface area contributed by atoms with Gasteiger partial charge in [-0.3, -0.25) is 4.68 Å². The molecule has 3 aromatic rings. The molecule has 0 spiro atoms. The third-order valence-corrected chi connectivity index (χ3v) is 4.55. The van der Waals surface area contributed by atoms with Crippen molar-refractivity contribution < 1.29 is 4.39 Å². The van der Waals surface area contributed by atoms with Crippen molar-refractivity contribution in [1.82, 2.24) is 9.78 Å². The summed E-state index contributed by atoms with van der Waals surface area (Å²) in [4.78, 5) is 0. The standard InChI is InChI=1S/C19H18ClFN4S/c1-12-18(23-19(26)22-16-8-5-7-15(21)10-16)13(2)25(24-12)11-14-6-3-4-9-17(14)20/h3-10H,11H2,1-2H3,(H2,22,23,26). The van der Waals surface area contributed by atoms with Crippen LogP contribution in [0.5, 0.6) is 0 Å². The third kappa shape index (κ3) is 4.20. The van der Waals surface area contributed by atoms with E-state index in [4.69, 9.17) is 23.8 Å². The van der Waals surface area contributed by atoms with Crippen molar-refractivity contribution in [3.63, 3.8) is 0 Å². The smallest absolute Gasteiger partial charge is 0.175 e. The predicted molar refractivity (Wildman–Crippen MR) is 108 cm³/mol. The molecule has 0 atom stereocenters. The quantitative estimate of drug-likeness (QED) is 0.606. The van der Waals surface area contributed by atoms with E-state index in [0.717, 1.165) is 22.6 Å². The Bertz CT molecular complexity index is 954. The molecule has 2 aromatic carbocycles. The maximum absolute atomic E-state index is 13.3. The molecule has 2 N–H and O–H groups in total. The first kappa shape index (κ1) is 18.4. The van der Waals surface area contributed by atoms with Gasteiger partial charge in [0.25, 0.3) is 0 Å². The fourth-order valence-electron chi connectivity index (χ4n) is 2.66. The zero-order chi connectivity index (χ0) is 18.7. The van der Waals surface area contributed by atoms with Gasteiger partial charge in [-0.2, -0.15) is 5.10 Å². The van der Waals surface area contributed by atoms with Crippen LogP contribution in [0.15, 0.2) is 48.5 Å². The minimum atomic E-state index is -0.322. The van der Waals surface area contributed by atoms with E-state index in [1.54, 1.807) is 12.1 Å². The van der Waals surface area contributed by atoms with Gasteiger partial charge in [0.15, 0.2) is 5.11 Å². The van der Waals surface area contributed by atoms with Crippen molar-refractivity contribution in [3.8, 4) is 0 Å². The molecule has 0 radical (unpaired) electrons. The number of rotatable bonds is 4. The average molecular weight is 389 g/mol. The van der Waals surface area contributed by atoms with Gasteiger partial charge in [-0.1, -0.05) is 35.9 Å². The Morgan fingerprint density at radius 2 is 1.92 bits per heavy atom. The second-order valence-electron chi connectivity index (χ2n) is 5.88. The fourth-order valence-corrected chi connectivity index (χ4v) is 3.08. The first-order chi connectivity index (χ1) is 12.4. The number of halogens is 2. The van der Waals surface area contributed by atoms with Gasteiger partial charge in [-0.05, 0) is 55.9 Å². The summed E-state index contributed by atoms with van der Waals surface area (Å²) in [5.74, 6) is -0.322. The van der Waals surface area contributed by atoms with Crippen molar-refractivity contribution in [1.29, 1.82) is 0 Å². The van der Waals surface area contributed by atoms with Crippen LogP contribution < -0.4 is 10.6 Å². The van der Waals surface area contributed by atoms with Crippen LogP contribution in [-0.2, 0) is 6.54 Å². The van der Waals surface area contributed by atoms with Gasteiger partial charge in [-0.25, -0.2) is 4.39 Å². The molecule has 0 aliphatic carbocycles. The number of nitrogens with one attached hydrogen (secondary N) is 2. The minimum Gasteiger partial charge on any atom is -0.332 e. The molecular formula is C19H18ClFN4S. The molecular weight excluding hydrogens is 371 g/mol.